The van der Waals surface area contributed by atoms with Crippen LogP contribution in [-0.4, -0.2) is 9.55 Å². The summed E-state index contributed by atoms with van der Waals surface area (Å²) in [4.78, 5) is 27.5. The molecule has 114 valence electrons. The second-order valence-electron chi connectivity index (χ2n) is 5.23. The summed E-state index contributed by atoms with van der Waals surface area (Å²) in [5, 5.41) is 0.598. The van der Waals surface area contributed by atoms with E-state index in [1.165, 1.54) is 4.57 Å². The highest BCUT2D eigenvalue weighted by molar-refractivity contribution is 5.49. The highest BCUT2D eigenvalue weighted by Crippen LogP contribution is 1.98. The first-order valence-corrected chi connectivity index (χ1v) is 7.28. The van der Waals surface area contributed by atoms with E-state index in [4.69, 9.17) is 0 Å². The molecular formula is C19H16N2O2. The Kier molecular flexibility index (Phi) is 4.06. The summed E-state index contributed by atoms with van der Waals surface area (Å²) in [6.45, 7) is 0. The summed E-state index contributed by atoms with van der Waals surface area (Å²) in [6.07, 6.45) is 3.38. The van der Waals surface area contributed by atoms with E-state index < -0.39 is 0 Å². The van der Waals surface area contributed by atoms with E-state index in [2.05, 4.69) is 4.98 Å². The molecule has 1 N–H and O–H groups in total. The summed E-state index contributed by atoms with van der Waals surface area (Å²) in [6, 6.07) is 18.9. The molecule has 0 aliphatic carbocycles. The number of H-pyrrole nitrogens is 1. The van der Waals surface area contributed by atoms with E-state index in [0.717, 1.165) is 11.1 Å². The predicted octanol–water partition coefficient (Wildman–Crippen LogP) is 0.731. The Balaban J connectivity index is 2.23. The van der Waals surface area contributed by atoms with Gasteiger partial charge < -0.3 is 9.55 Å². The predicted molar refractivity (Wildman–Crippen MR) is 91.6 cm³/mol. The molecule has 3 rings (SSSR count). The largest absolute Gasteiger partial charge is 0.316 e. The molecule has 0 saturated heterocycles. The van der Waals surface area contributed by atoms with Crippen molar-refractivity contribution in [1.82, 2.24) is 9.55 Å². The summed E-state index contributed by atoms with van der Waals surface area (Å²) >= 11 is 0. The maximum absolute atomic E-state index is 12.5. The van der Waals surface area contributed by atoms with Crippen LogP contribution in [0.1, 0.15) is 11.1 Å². The van der Waals surface area contributed by atoms with Gasteiger partial charge in [0.2, 0.25) is 0 Å². The summed E-state index contributed by atoms with van der Waals surface area (Å²) in [5.41, 5.74) is 1.20. The SMILES string of the molecule is Cn1c(=O)/c(=C/c2ccccc2)[nH]c(=O)/c1=C/c1ccccc1. The third kappa shape index (κ3) is 3.21. The topological polar surface area (TPSA) is 54.9 Å². The van der Waals surface area contributed by atoms with E-state index in [-0.39, 0.29) is 16.5 Å². The monoisotopic (exact) mass is 304 g/mol. The molecular weight excluding hydrogens is 288 g/mol. The highest BCUT2D eigenvalue weighted by Gasteiger charge is 2.01. The molecule has 4 nitrogen and oxygen atoms in total. The Morgan fingerprint density at radius 3 is 1.91 bits per heavy atom. The van der Waals surface area contributed by atoms with Gasteiger partial charge in [0.1, 0.15) is 10.7 Å². The first-order chi connectivity index (χ1) is 11.1. The van der Waals surface area contributed by atoms with Crippen molar-refractivity contribution in [3.8, 4) is 0 Å². The number of rotatable bonds is 2. The first kappa shape index (κ1) is 14.8. The number of nitrogens with zero attached hydrogens (tertiary/aromatic N) is 1. The molecule has 0 atom stereocenters. The van der Waals surface area contributed by atoms with Crippen LogP contribution in [0.5, 0.6) is 0 Å². The molecule has 0 radical (unpaired) electrons. The van der Waals surface area contributed by atoms with Crippen molar-refractivity contribution in [2.45, 2.75) is 0 Å². The van der Waals surface area contributed by atoms with Gasteiger partial charge in [0, 0.05) is 7.05 Å². The Labute approximate surface area is 132 Å². The standard InChI is InChI=1S/C19H16N2O2/c1-21-17(13-15-10-6-3-7-11-15)18(22)20-16(19(21)23)12-14-8-4-2-5-9-14/h2-13H,1H3,(H,20,22)/b16-12-,17-13-. The number of hydrogen-bond donors (Lipinski definition) is 1. The van der Waals surface area contributed by atoms with Crippen molar-refractivity contribution in [1.29, 1.82) is 0 Å². The minimum Gasteiger partial charge on any atom is -0.316 e. The molecule has 0 spiro atoms. The average molecular weight is 304 g/mol. The van der Waals surface area contributed by atoms with Gasteiger partial charge >= 0.3 is 0 Å². The molecule has 23 heavy (non-hydrogen) atoms. The molecule has 0 unspecified atom stereocenters. The minimum absolute atomic E-state index is 0.240. The molecule has 4 heteroatoms. The number of aromatic nitrogens is 2. The quantitative estimate of drug-likeness (QED) is 0.759. The molecule has 0 amide bonds. The lowest BCUT2D eigenvalue weighted by Gasteiger charge is -2.00. The van der Waals surface area contributed by atoms with Crippen LogP contribution < -0.4 is 21.8 Å². The van der Waals surface area contributed by atoms with E-state index >= 15 is 0 Å². The summed E-state index contributed by atoms with van der Waals surface area (Å²) < 4.78 is 1.38. The summed E-state index contributed by atoms with van der Waals surface area (Å²) in [7, 11) is 1.61. The fraction of sp³-hybridized carbons (Fsp3) is 0.0526. The normalized spacial score (nSPS) is 12.6. The molecule has 0 bridgehead atoms. The van der Waals surface area contributed by atoms with Gasteiger partial charge in [-0.15, -0.1) is 0 Å². The van der Waals surface area contributed by atoms with Gasteiger partial charge in [-0.05, 0) is 23.3 Å². The molecule has 1 aromatic heterocycles. The molecule has 0 saturated carbocycles. The lowest BCUT2D eigenvalue weighted by molar-refractivity contribution is 0.776. The van der Waals surface area contributed by atoms with E-state index in [1.807, 2.05) is 60.7 Å². The van der Waals surface area contributed by atoms with Crippen LogP contribution in [0.15, 0.2) is 70.3 Å². The van der Waals surface area contributed by atoms with Crippen molar-refractivity contribution in [2.24, 2.45) is 7.05 Å². The molecule has 0 aliphatic heterocycles. The zero-order valence-corrected chi connectivity index (χ0v) is 12.7. The Morgan fingerprint density at radius 2 is 1.35 bits per heavy atom. The average Bonchev–Trinajstić information content (AvgIpc) is 2.58. The van der Waals surface area contributed by atoms with Crippen LogP contribution in [-0.2, 0) is 7.05 Å². The Hall–Kier alpha value is -3.14. The van der Waals surface area contributed by atoms with Crippen LogP contribution in [0.3, 0.4) is 0 Å². The fourth-order valence-corrected chi connectivity index (χ4v) is 2.37. The first-order valence-electron chi connectivity index (χ1n) is 7.28. The van der Waals surface area contributed by atoms with Crippen LogP contribution in [0.2, 0.25) is 0 Å². The van der Waals surface area contributed by atoms with Crippen molar-refractivity contribution in [3.05, 3.63) is 103 Å². The van der Waals surface area contributed by atoms with Gasteiger partial charge in [-0.2, -0.15) is 0 Å². The Morgan fingerprint density at radius 1 is 0.826 bits per heavy atom. The van der Waals surface area contributed by atoms with Crippen LogP contribution in [0, 0.1) is 0 Å². The lowest BCUT2D eigenvalue weighted by atomic mass is 10.2. The third-order valence-electron chi connectivity index (χ3n) is 3.59. The lowest BCUT2D eigenvalue weighted by Crippen LogP contribution is -2.52. The zero-order chi connectivity index (χ0) is 16.2. The van der Waals surface area contributed by atoms with Crippen LogP contribution >= 0.6 is 0 Å². The summed E-state index contributed by atoms with van der Waals surface area (Å²) in [5.74, 6) is 0. The molecule has 0 fully saturated rings. The van der Waals surface area contributed by atoms with Crippen molar-refractivity contribution in [2.75, 3.05) is 0 Å². The maximum atomic E-state index is 12.5. The van der Waals surface area contributed by atoms with Crippen LogP contribution in [0.25, 0.3) is 12.2 Å². The van der Waals surface area contributed by atoms with Gasteiger partial charge in [0.25, 0.3) is 11.1 Å². The van der Waals surface area contributed by atoms with Gasteiger partial charge in [0.15, 0.2) is 0 Å². The number of benzene rings is 2. The van der Waals surface area contributed by atoms with Gasteiger partial charge in [-0.1, -0.05) is 60.7 Å². The smallest absolute Gasteiger partial charge is 0.274 e. The number of nitrogens with one attached hydrogen (secondary N) is 1. The van der Waals surface area contributed by atoms with Crippen molar-refractivity contribution >= 4 is 12.2 Å². The maximum Gasteiger partial charge on any atom is 0.274 e. The number of aromatic amines is 1. The fourth-order valence-electron chi connectivity index (χ4n) is 2.37. The van der Waals surface area contributed by atoms with Gasteiger partial charge in [-0.3, -0.25) is 9.59 Å². The van der Waals surface area contributed by atoms with Gasteiger partial charge in [0.05, 0.1) is 0 Å². The van der Waals surface area contributed by atoms with Crippen molar-refractivity contribution in [3.63, 3.8) is 0 Å². The van der Waals surface area contributed by atoms with Crippen molar-refractivity contribution < 1.29 is 0 Å². The van der Waals surface area contributed by atoms with E-state index in [1.54, 1.807) is 19.2 Å². The zero-order valence-electron chi connectivity index (χ0n) is 12.7. The Bertz CT molecular complexity index is 1050. The number of hydrogen-bond acceptors (Lipinski definition) is 2. The molecule has 2 aromatic carbocycles. The second kappa shape index (κ2) is 6.32. The minimum atomic E-state index is -0.293. The third-order valence-corrected chi connectivity index (χ3v) is 3.59. The molecule has 3 aromatic rings. The highest BCUT2D eigenvalue weighted by atomic mass is 16.1. The van der Waals surface area contributed by atoms with E-state index in [0.29, 0.717) is 5.35 Å². The van der Waals surface area contributed by atoms with Gasteiger partial charge in [-0.25, -0.2) is 0 Å². The van der Waals surface area contributed by atoms with Crippen LogP contribution in [0.4, 0.5) is 0 Å². The van der Waals surface area contributed by atoms with E-state index in [9.17, 15) is 9.59 Å². The molecule has 0 aliphatic rings. The molecule has 1 heterocycles. The second-order valence-corrected chi connectivity index (χ2v) is 5.23.